The van der Waals surface area contributed by atoms with E-state index in [2.05, 4.69) is 59.8 Å². The number of hydrogen-bond acceptors (Lipinski definition) is 2. The number of benzene rings is 2. The van der Waals surface area contributed by atoms with E-state index >= 15 is 0 Å². The van der Waals surface area contributed by atoms with Crippen molar-refractivity contribution in [3.8, 4) is 0 Å². The van der Waals surface area contributed by atoms with Gasteiger partial charge in [-0.05, 0) is 133 Å². The quantitative estimate of drug-likeness (QED) is 0.273. The van der Waals surface area contributed by atoms with Crippen LogP contribution in [0.3, 0.4) is 0 Å². The minimum absolute atomic E-state index is 0.0620. The third-order valence-corrected chi connectivity index (χ3v) is 10.8. The number of ether oxygens (including phenoxy) is 1. The maximum Gasteiger partial charge on any atom is 0.338 e. The van der Waals surface area contributed by atoms with E-state index in [4.69, 9.17) is 16.3 Å². The van der Waals surface area contributed by atoms with Gasteiger partial charge in [-0.3, -0.25) is 0 Å². The lowest BCUT2D eigenvalue weighted by molar-refractivity contribution is 0.0270. The zero-order valence-electron chi connectivity index (χ0n) is 24.1. The highest BCUT2D eigenvalue weighted by Gasteiger charge is 2.51. The molecule has 3 aliphatic carbocycles. The number of hydrogen-bond donors (Lipinski definition) is 0. The Morgan fingerprint density at radius 2 is 1.76 bits per heavy atom. The summed E-state index contributed by atoms with van der Waals surface area (Å²) in [7, 11) is 0. The third-order valence-electron chi connectivity index (χ3n) is 10.6. The molecule has 3 aliphatic rings. The van der Waals surface area contributed by atoms with E-state index in [0.29, 0.717) is 39.7 Å². The number of rotatable bonds is 6. The van der Waals surface area contributed by atoms with Crippen molar-refractivity contribution in [2.75, 3.05) is 0 Å². The van der Waals surface area contributed by atoms with Gasteiger partial charge >= 0.3 is 5.97 Å². The topological polar surface area (TPSA) is 26.3 Å². The fraction of sp³-hybridized carbons (Fsp3) is 0.571. The van der Waals surface area contributed by atoms with Crippen molar-refractivity contribution in [3.05, 3.63) is 80.9 Å². The first-order chi connectivity index (χ1) is 18.1. The molecule has 5 rings (SSSR count). The highest BCUT2D eigenvalue weighted by Crippen LogP contribution is 2.61. The van der Waals surface area contributed by atoms with Gasteiger partial charge in [0.2, 0.25) is 0 Å². The smallest absolute Gasteiger partial charge is 0.338 e. The van der Waals surface area contributed by atoms with Crippen LogP contribution < -0.4 is 0 Å². The lowest BCUT2D eigenvalue weighted by Gasteiger charge is -2.45. The summed E-state index contributed by atoms with van der Waals surface area (Å²) >= 11 is 5.99. The highest BCUT2D eigenvalue weighted by molar-refractivity contribution is 6.30. The number of carbonyl (C=O) groups is 1. The van der Waals surface area contributed by atoms with Crippen LogP contribution in [-0.2, 0) is 24.0 Å². The number of allylic oxidation sites excluding steroid dienone is 2. The standard InChI is InChI=1S/C35H45ClO2/c1-21(2)22(3)7-8-23(4)32-15-16-33-31-19-26-11-14-28(38-34(37)25-9-12-27(36)13-10-25)20-30(26)24(5)29(31)17-18-35(32,33)6/h7-10,12-13,19,21-23,28,32-33H,11,14-18,20H2,1-6H3/b8-7+. The number of esters is 1. The van der Waals surface area contributed by atoms with Crippen LogP contribution in [0.4, 0.5) is 0 Å². The van der Waals surface area contributed by atoms with Gasteiger partial charge in [0.15, 0.2) is 0 Å². The van der Waals surface area contributed by atoms with Crippen molar-refractivity contribution in [3.63, 3.8) is 0 Å². The Labute approximate surface area is 235 Å². The van der Waals surface area contributed by atoms with E-state index in [1.54, 1.807) is 35.4 Å². The molecule has 1 fully saturated rings. The van der Waals surface area contributed by atoms with E-state index in [-0.39, 0.29) is 12.1 Å². The molecule has 0 N–H and O–H groups in total. The molecule has 0 aromatic heterocycles. The Balaban J connectivity index is 1.33. The Hall–Kier alpha value is -2.06. The molecule has 0 radical (unpaired) electrons. The summed E-state index contributed by atoms with van der Waals surface area (Å²) in [4.78, 5) is 12.7. The molecule has 2 nitrogen and oxygen atoms in total. The van der Waals surface area contributed by atoms with Crippen LogP contribution in [0.1, 0.15) is 104 Å². The van der Waals surface area contributed by atoms with Gasteiger partial charge in [-0.25, -0.2) is 4.79 Å². The van der Waals surface area contributed by atoms with E-state index in [1.807, 2.05) is 0 Å². The third kappa shape index (κ3) is 5.10. The summed E-state index contributed by atoms with van der Waals surface area (Å²) in [5.74, 6) is 3.13. The van der Waals surface area contributed by atoms with Crippen LogP contribution in [0.25, 0.3) is 0 Å². The number of aryl methyl sites for hydroxylation is 1. The molecule has 0 bridgehead atoms. The van der Waals surface area contributed by atoms with Crippen molar-refractivity contribution in [2.24, 2.45) is 29.1 Å². The predicted octanol–water partition coefficient (Wildman–Crippen LogP) is 9.29. The van der Waals surface area contributed by atoms with Gasteiger partial charge in [0, 0.05) is 11.4 Å². The first-order valence-corrected chi connectivity index (χ1v) is 15.2. The summed E-state index contributed by atoms with van der Waals surface area (Å²) < 4.78 is 5.96. The Morgan fingerprint density at radius 3 is 2.47 bits per heavy atom. The molecule has 0 saturated heterocycles. The average Bonchev–Trinajstić information content (AvgIpc) is 3.25. The lowest BCUT2D eigenvalue weighted by Crippen LogP contribution is -2.36. The second-order valence-electron chi connectivity index (χ2n) is 13.1. The van der Waals surface area contributed by atoms with Gasteiger partial charge in [-0.1, -0.05) is 64.4 Å². The molecule has 0 spiro atoms. The largest absolute Gasteiger partial charge is 0.458 e. The number of fused-ring (bicyclic) bond motifs is 4. The maximum atomic E-state index is 12.7. The zero-order chi connectivity index (χ0) is 27.2. The van der Waals surface area contributed by atoms with Gasteiger partial charge in [-0.2, -0.15) is 0 Å². The molecular weight excluding hydrogens is 488 g/mol. The van der Waals surface area contributed by atoms with Crippen LogP contribution in [0.2, 0.25) is 5.02 Å². The van der Waals surface area contributed by atoms with Crippen molar-refractivity contribution in [1.82, 2.24) is 0 Å². The summed E-state index contributed by atoms with van der Waals surface area (Å²) in [6, 6.07) is 9.55. The molecule has 6 unspecified atom stereocenters. The van der Waals surface area contributed by atoms with Crippen molar-refractivity contribution in [1.29, 1.82) is 0 Å². The van der Waals surface area contributed by atoms with Gasteiger partial charge in [0.1, 0.15) is 6.10 Å². The Morgan fingerprint density at radius 1 is 1.03 bits per heavy atom. The number of carbonyl (C=O) groups excluding carboxylic acids is 1. The second kappa shape index (κ2) is 10.8. The predicted molar refractivity (Wildman–Crippen MR) is 158 cm³/mol. The lowest BCUT2D eigenvalue weighted by atomic mass is 9.60. The summed E-state index contributed by atoms with van der Waals surface area (Å²) in [6.07, 6.45) is 12.7. The molecule has 1 saturated carbocycles. The molecule has 0 aliphatic heterocycles. The van der Waals surface area contributed by atoms with Gasteiger partial charge in [0.25, 0.3) is 0 Å². The molecule has 0 heterocycles. The average molecular weight is 533 g/mol. The molecule has 0 amide bonds. The Kier molecular flexibility index (Phi) is 7.84. The molecule has 6 atom stereocenters. The minimum Gasteiger partial charge on any atom is -0.458 e. The van der Waals surface area contributed by atoms with Crippen LogP contribution in [0.5, 0.6) is 0 Å². The zero-order valence-corrected chi connectivity index (χ0v) is 24.9. The molecular formula is C35H45ClO2. The van der Waals surface area contributed by atoms with Gasteiger partial charge < -0.3 is 4.74 Å². The SMILES string of the molecule is Cc1c2c(cc3c1CCC1(C)C3CCC1C(C)/C=C/C(C)C(C)C)CCC(OC(=O)c1ccc(Cl)cc1)C2. The minimum atomic E-state index is -0.246. The molecule has 38 heavy (non-hydrogen) atoms. The first-order valence-electron chi connectivity index (χ1n) is 14.9. The van der Waals surface area contributed by atoms with E-state index in [1.165, 1.54) is 42.4 Å². The van der Waals surface area contributed by atoms with Crippen LogP contribution >= 0.6 is 11.6 Å². The molecule has 3 heteroatoms. The fourth-order valence-corrected chi connectivity index (χ4v) is 7.93. The van der Waals surface area contributed by atoms with Crippen LogP contribution in [-0.4, -0.2) is 12.1 Å². The second-order valence-corrected chi connectivity index (χ2v) is 13.5. The van der Waals surface area contributed by atoms with E-state index < -0.39 is 0 Å². The fourth-order valence-electron chi connectivity index (χ4n) is 7.80. The van der Waals surface area contributed by atoms with Crippen molar-refractivity contribution in [2.45, 2.75) is 98.5 Å². The molecule has 2 aromatic carbocycles. The summed E-state index contributed by atoms with van der Waals surface area (Å²) in [6.45, 7) is 14.4. The van der Waals surface area contributed by atoms with Gasteiger partial charge in [-0.15, -0.1) is 0 Å². The van der Waals surface area contributed by atoms with Gasteiger partial charge in [0.05, 0.1) is 5.56 Å². The van der Waals surface area contributed by atoms with E-state index in [9.17, 15) is 4.79 Å². The monoisotopic (exact) mass is 532 g/mol. The van der Waals surface area contributed by atoms with Crippen LogP contribution in [0.15, 0.2) is 42.5 Å². The van der Waals surface area contributed by atoms with Crippen molar-refractivity contribution >= 4 is 17.6 Å². The summed E-state index contributed by atoms with van der Waals surface area (Å²) in [5.41, 5.74) is 8.57. The van der Waals surface area contributed by atoms with Crippen molar-refractivity contribution < 1.29 is 9.53 Å². The first kappa shape index (κ1) is 27.5. The van der Waals surface area contributed by atoms with E-state index in [0.717, 1.165) is 25.2 Å². The normalized spacial score (nSPS) is 28.1. The highest BCUT2D eigenvalue weighted by atomic mass is 35.5. The van der Waals surface area contributed by atoms with Crippen LogP contribution in [0, 0.1) is 36.0 Å². The maximum absolute atomic E-state index is 12.7. The number of halogens is 1. The Bertz CT molecular complexity index is 1210. The molecule has 2 aromatic rings. The summed E-state index contributed by atoms with van der Waals surface area (Å²) in [5, 5.41) is 0.630. The molecule has 204 valence electrons.